The summed E-state index contributed by atoms with van der Waals surface area (Å²) in [6.07, 6.45) is 4.59. The summed E-state index contributed by atoms with van der Waals surface area (Å²) in [6.45, 7) is 3.62. The Bertz CT molecular complexity index is 951. The second kappa shape index (κ2) is 12.0. The van der Waals surface area contributed by atoms with Crippen LogP contribution in [-0.4, -0.2) is 32.2 Å². The minimum absolute atomic E-state index is 0.0256. The number of fused-ring (bicyclic) bond motifs is 1. The van der Waals surface area contributed by atoms with Crippen LogP contribution in [0.5, 0.6) is 11.5 Å². The first-order chi connectivity index (χ1) is 15.9. The summed E-state index contributed by atoms with van der Waals surface area (Å²) in [5, 5.41) is 3.46. The Hall–Kier alpha value is -1.92. The number of hydrogen-bond donors (Lipinski definition) is 1. The zero-order valence-corrected chi connectivity index (χ0v) is 21.5. The number of halogens is 2. The van der Waals surface area contributed by atoms with E-state index >= 15 is 4.39 Å². The Kier molecular flexibility index (Phi) is 9.33. The van der Waals surface area contributed by atoms with Crippen LogP contribution in [-0.2, 0) is 13.0 Å². The third-order valence-corrected chi connectivity index (χ3v) is 7.48. The number of carbonyl (C=O) groups excluding carboxylic acids is 1. The number of ether oxygens (including phenoxy) is 2. The number of benzene rings is 2. The lowest BCUT2D eigenvalue weighted by molar-refractivity contribution is 0.0760. The standard InChI is InChI=1S/C27H35BrFNO3/c1-4-27(29,12-8-5-9-13-30-18-19-10-6-7-11-23(19)28)17-21-14-20-15-24(32-2)25(33-3)16-22(20)26(21)31/h6-7,10-11,15-16,21,30H,4-5,8-9,12-14,17-18H2,1-3H3. The zero-order valence-electron chi connectivity index (χ0n) is 19.9. The predicted molar refractivity (Wildman–Crippen MR) is 134 cm³/mol. The van der Waals surface area contributed by atoms with E-state index in [1.54, 1.807) is 20.3 Å². The molecule has 0 fully saturated rings. The van der Waals surface area contributed by atoms with Crippen LogP contribution >= 0.6 is 15.9 Å². The lowest BCUT2D eigenvalue weighted by Crippen LogP contribution is -2.28. The molecule has 33 heavy (non-hydrogen) atoms. The molecule has 0 radical (unpaired) electrons. The van der Waals surface area contributed by atoms with E-state index in [4.69, 9.17) is 9.47 Å². The monoisotopic (exact) mass is 519 g/mol. The van der Waals surface area contributed by atoms with Gasteiger partial charge in [-0.05, 0) is 68.0 Å². The Morgan fingerprint density at radius 2 is 1.85 bits per heavy atom. The van der Waals surface area contributed by atoms with Gasteiger partial charge in [0.25, 0.3) is 0 Å². The summed E-state index contributed by atoms with van der Waals surface area (Å²) in [5.41, 5.74) is 1.51. The number of rotatable bonds is 13. The number of unbranched alkanes of at least 4 members (excludes halogenated alkanes) is 2. The Balaban J connectivity index is 1.44. The molecule has 1 N–H and O–H groups in total. The number of nitrogens with one attached hydrogen (secondary N) is 1. The van der Waals surface area contributed by atoms with E-state index in [9.17, 15) is 4.79 Å². The molecular weight excluding hydrogens is 485 g/mol. The highest BCUT2D eigenvalue weighted by Crippen LogP contribution is 2.41. The van der Waals surface area contributed by atoms with Crippen LogP contribution in [0.1, 0.15) is 66.9 Å². The van der Waals surface area contributed by atoms with Crippen molar-refractivity contribution in [2.75, 3.05) is 20.8 Å². The molecule has 2 aromatic rings. The van der Waals surface area contributed by atoms with Crippen molar-refractivity contribution in [3.05, 3.63) is 57.6 Å². The first kappa shape index (κ1) is 25.7. The largest absolute Gasteiger partial charge is 0.493 e. The smallest absolute Gasteiger partial charge is 0.166 e. The van der Waals surface area contributed by atoms with Gasteiger partial charge in [-0.15, -0.1) is 0 Å². The number of ketones is 1. The molecule has 0 spiro atoms. The minimum Gasteiger partial charge on any atom is -0.493 e. The van der Waals surface area contributed by atoms with E-state index in [1.165, 1.54) is 5.56 Å². The number of alkyl halides is 1. The van der Waals surface area contributed by atoms with Gasteiger partial charge in [0.15, 0.2) is 17.3 Å². The summed E-state index contributed by atoms with van der Waals surface area (Å²) in [5.74, 6) is 0.867. The quantitative estimate of drug-likeness (QED) is 0.300. The number of Topliss-reactive ketones (excluding diaryl/α,β-unsaturated/α-hetero) is 1. The molecule has 180 valence electrons. The average Bonchev–Trinajstić information content (AvgIpc) is 3.12. The summed E-state index contributed by atoms with van der Waals surface area (Å²) < 4.78 is 27.5. The molecule has 0 amide bonds. The number of carbonyl (C=O) groups is 1. The minimum atomic E-state index is -1.31. The maximum atomic E-state index is 15.7. The number of methoxy groups -OCH3 is 2. The topological polar surface area (TPSA) is 47.6 Å². The highest BCUT2D eigenvalue weighted by molar-refractivity contribution is 9.10. The van der Waals surface area contributed by atoms with Crippen LogP contribution in [0.4, 0.5) is 4.39 Å². The third-order valence-electron chi connectivity index (χ3n) is 6.71. The van der Waals surface area contributed by atoms with Crippen LogP contribution in [0, 0.1) is 5.92 Å². The van der Waals surface area contributed by atoms with Crippen LogP contribution in [0.2, 0.25) is 0 Å². The van der Waals surface area contributed by atoms with Gasteiger partial charge < -0.3 is 14.8 Å². The van der Waals surface area contributed by atoms with Gasteiger partial charge in [-0.3, -0.25) is 4.79 Å². The molecule has 3 rings (SSSR count). The Morgan fingerprint density at radius 3 is 2.55 bits per heavy atom. The summed E-state index contributed by atoms with van der Waals surface area (Å²) in [4.78, 5) is 13.0. The molecule has 2 unspecified atom stereocenters. The van der Waals surface area contributed by atoms with E-state index in [-0.39, 0.29) is 18.1 Å². The van der Waals surface area contributed by atoms with E-state index in [2.05, 4.69) is 27.3 Å². The molecule has 0 aromatic heterocycles. The van der Waals surface area contributed by atoms with Crippen molar-refractivity contribution in [1.29, 1.82) is 0 Å². The normalized spacial score (nSPS) is 17.0. The van der Waals surface area contributed by atoms with Gasteiger partial charge in [0.05, 0.1) is 14.2 Å². The molecule has 0 heterocycles. The van der Waals surface area contributed by atoms with Crippen molar-refractivity contribution >= 4 is 21.7 Å². The van der Waals surface area contributed by atoms with Crippen molar-refractivity contribution in [2.45, 2.75) is 64.1 Å². The molecular formula is C27H35BrFNO3. The van der Waals surface area contributed by atoms with Crippen LogP contribution < -0.4 is 14.8 Å². The van der Waals surface area contributed by atoms with Crippen molar-refractivity contribution in [3.63, 3.8) is 0 Å². The SMILES string of the molecule is CCC(F)(CCCCCNCc1ccccc1Br)CC1Cc2cc(OC)c(OC)cc2C1=O. The second-order valence-corrected chi connectivity index (χ2v) is 9.77. The van der Waals surface area contributed by atoms with Gasteiger partial charge in [-0.1, -0.05) is 53.9 Å². The van der Waals surface area contributed by atoms with E-state index in [1.807, 2.05) is 31.2 Å². The molecule has 2 atom stereocenters. The molecule has 6 heteroatoms. The molecule has 0 saturated carbocycles. The first-order valence-corrected chi connectivity index (χ1v) is 12.6. The van der Waals surface area contributed by atoms with E-state index in [0.29, 0.717) is 36.3 Å². The average molecular weight is 520 g/mol. The zero-order chi connectivity index (χ0) is 23.8. The van der Waals surface area contributed by atoms with Crippen molar-refractivity contribution in [2.24, 2.45) is 5.92 Å². The van der Waals surface area contributed by atoms with Crippen molar-refractivity contribution < 1.29 is 18.7 Å². The fraction of sp³-hybridized carbons (Fsp3) is 0.519. The molecule has 0 bridgehead atoms. The lowest BCUT2D eigenvalue weighted by atomic mass is 9.84. The van der Waals surface area contributed by atoms with Crippen LogP contribution in [0.3, 0.4) is 0 Å². The third kappa shape index (κ3) is 6.57. The second-order valence-electron chi connectivity index (χ2n) is 8.92. The van der Waals surface area contributed by atoms with Crippen molar-refractivity contribution in [1.82, 2.24) is 5.32 Å². The first-order valence-electron chi connectivity index (χ1n) is 11.8. The van der Waals surface area contributed by atoms with Crippen LogP contribution in [0.15, 0.2) is 40.9 Å². The van der Waals surface area contributed by atoms with Crippen molar-refractivity contribution in [3.8, 4) is 11.5 Å². The molecule has 1 aliphatic rings. The van der Waals surface area contributed by atoms with Crippen LogP contribution in [0.25, 0.3) is 0 Å². The Labute approximate surface area is 205 Å². The highest BCUT2D eigenvalue weighted by atomic mass is 79.9. The molecule has 2 aromatic carbocycles. The number of hydrogen-bond acceptors (Lipinski definition) is 4. The van der Waals surface area contributed by atoms with Gasteiger partial charge in [-0.25, -0.2) is 4.39 Å². The molecule has 0 saturated heterocycles. The molecule has 1 aliphatic carbocycles. The summed E-state index contributed by atoms with van der Waals surface area (Å²) in [6, 6.07) is 11.8. The van der Waals surface area contributed by atoms with Gasteiger partial charge in [0.2, 0.25) is 0 Å². The van der Waals surface area contributed by atoms with E-state index in [0.717, 1.165) is 42.4 Å². The maximum Gasteiger partial charge on any atom is 0.166 e. The fourth-order valence-electron chi connectivity index (χ4n) is 4.66. The van der Waals surface area contributed by atoms with Gasteiger partial charge >= 0.3 is 0 Å². The summed E-state index contributed by atoms with van der Waals surface area (Å²) in [7, 11) is 3.14. The summed E-state index contributed by atoms with van der Waals surface area (Å²) >= 11 is 3.57. The van der Waals surface area contributed by atoms with Gasteiger partial charge in [-0.2, -0.15) is 0 Å². The highest BCUT2D eigenvalue weighted by Gasteiger charge is 2.39. The maximum absolute atomic E-state index is 15.7. The predicted octanol–water partition coefficient (Wildman–Crippen LogP) is 6.68. The molecule has 4 nitrogen and oxygen atoms in total. The van der Waals surface area contributed by atoms with Gasteiger partial charge in [0.1, 0.15) is 5.67 Å². The lowest BCUT2D eigenvalue weighted by Gasteiger charge is -2.26. The van der Waals surface area contributed by atoms with Gasteiger partial charge in [0, 0.05) is 22.5 Å². The molecule has 0 aliphatic heterocycles. The van der Waals surface area contributed by atoms with E-state index < -0.39 is 5.67 Å². The fourth-order valence-corrected chi connectivity index (χ4v) is 5.09. The Morgan fingerprint density at radius 1 is 1.12 bits per heavy atom.